The molecule has 1 saturated carbocycles. The molecule has 0 saturated heterocycles. The number of nitriles is 1. The quantitative estimate of drug-likeness (QED) is 0.756. The third-order valence-corrected chi connectivity index (χ3v) is 2.74. The predicted molar refractivity (Wildman–Crippen MR) is 57.2 cm³/mol. The van der Waals surface area contributed by atoms with Gasteiger partial charge < -0.3 is 4.90 Å². The number of halogens is 1. The summed E-state index contributed by atoms with van der Waals surface area (Å²) in [6.45, 7) is 2.85. The zero-order valence-corrected chi connectivity index (χ0v) is 8.70. The first-order valence-corrected chi connectivity index (χ1v) is 5.23. The van der Waals surface area contributed by atoms with Gasteiger partial charge in [-0.3, -0.25) is 0 Å². The summed E-state index contributed by atoms with van der Waals surface area (Å²) in [6.07, 6.45) is 2.30. The summed E-state index contributed by atoms with van der Waals surface area (Å²) >= 11 is 0. The van der Waals surface area contributed by atoms with Gasteiger partial charge in [0.1, 0.15) is 17.4 Å². The van der Waals surface area contributed by atoms with Crippen molar-refractivity contribution in [1.82, 2.24) is 0 Å². The molecule has 0 radical (unpaired) electrons. The van der Waals surface area contributed by atoms with Gasteiger partial charge in [-0.25, -0.2) is 4.39 Å². The molecule has 0 unspecified atom stereocenters. The van der Waals surface area contributed by atoms with E-state index in [1.54, 1.807) is 6.07 Å². The van der Waals surface area contributed by atoms with Crippen molar-refractivity contribution < 1.29 is 4.39 Å². The molecular formula is C12H13FN2. The molecule has 1 aromatic rings. The normalized spacial score (nSPS) is 14.7. The van der Waals surface area contributed by atoms with Crippen LogP contribution in [0.1, 0.15) is 25.3 Å². The molecule has 1 aromatic carbocycles. The first-order valence-electron chi connectivity index (χ1n) is 5.23. The second-order valence-corrected chi connectivity index (χ2v) is 3.76. The Hall–Kier alpha value is -1.56. The fourth-order valence-corrected chi connectivity index (χ4v) is 1.87. The van der Waals surface area contributed by atoms with Gasteiger partial charge in [-0.1, -0.05) is 6.07 Å². The number of hydrogen-bond donors (Lipinski definition) is 0. The minimum Gasteiger partial charge on any atom is -0.368 e. The molecule has 0 heterocycles. The van der Waals surface area contributed by atoms with Gasteiger partial charge in [0.15, 0.2) is 0 Å². The highest BCUT2D eigenvalue weighted by molar-refractivity contribution is 5.61. The molecule has 0 amide bonds. The molecule has 0 aromatic heterocycles. The van der Waals surface area contributed by atoms with E-state index in [0.29, 0.717) is 6.04 Å². The molecule has 0 N–H and O–H groups in total. The van der Waals surface area contributed by atoms with Gasteiger partial charge in [-0.05, 0) is 31.9 Å². The summed E-state index contributed by atoms with van der Waals surface area (Å²) in [5, 5.41) is 8.93. The highest BCUT2D eigenvalue weighted by Crippen LogP contribution is 2.33. The molecule has 1 aliphatic rings. The van der Waals surface area contributed by atoms with Crippen LogP contribution in [0.5, 0.6) is 0 Å². The van der Waals surface area contributed by atoms with Crippen molar-refractivity contribution in [3.63, 3.8) is 0 Å². The van der Waals surface area contributed by atoms with Crippen LogP contribution in [-0.2, 0) is 0 Å². The number of nitrogens with zero attached hydrogens (tertiary/aromatic N) is 2. The molecule has 2 nitrogen and oxygen atoms in total. The lowest BCUT2D eigenvalue weighted by Gasteiger charge is -2.23. The van der Waals surface area contributed by atoms with Crippen LogP contribution in [0.3, 0.4) is 0 Å². The molecule has 15 heavy (non-hydrogen) atoms. The van der Waals surface area contributed by atoms with E-state index in [0.717, 1.165) is 25.1 Å². The molecule has 3 heteroatoms. The van der Waals surface area contributed by atoms with Gasteiger partial charge in [0, 0.05) is 12.6 Å². The minimum absolute atomic E-state index is 0.172. The van der Waals surface area contributed by atoms with E-state index in [9.17, 15) is 4.39 Å². The van der Waals surface area contributed by atoms with Crippen molar-refractivity contribution in [3.05, 3.63) is 29.6 Å². The summed E-state index contributed by atoms with van der Waals surface area (Å²) in [7, 11) is 0. The molecule has 78 valence electrons. The van der Waals surface area contributed by atoms with Gasteiger partial charge in [-0.2, -0.15) is 5.26 Å². The Morgan fingerprint density at radius 2 is 2.27 bits per heavy atom. The highest BCUT2D eigenvalue weighted by Gasteiger charge is 2.29. The summed E-state index contributed by atoms with van der Waals surface area (Å²) in [5.74, 6) is -0.422. The van der Waals surface area contributed by atoms with Crippen molar-refractivity contribution in [2.24, 2.45) is 0 Å². The molecule has 1 aliphatic carbocycles. The van der Waals surface area contributed by atoms with E-state index >= 15 is 0 Å². The first kappa shape index (κ1) is 9.97. The van der Waals surface area contributed by atoms with E-state index < -0.39 is 5.82 Å². The lowest BCUT2D eigenvalue weighted by atomic mass is 10.1. The molecule has 1 fully saturated rings. The average molecular weight is 204 g/mol. The number of benzene rings is 1. The van der Waals surface area contributed by atoms with Gasteiger partial charge in [0.25, 0.3) is 0 Å². The van der Waals surface area contributed by atoms with Gasteiger partial charge in [0.05, 0.1) is 5.69 Å². The van der Waals surface area contributed by atoms with Crippen molar-refractivity contribution in [1.29, 1.82) is 5.26 Å². The second kappa shape index (κ2) is 3.90. The molecule has 0 spiro atoms. The van der Waals surface area contributed by atoms with E-state index in [-0.39, 0.29) is 5.56 Å². The minimum atomic E-state index is -0.422. The lowest BCUT2D eigenvalue weighted by Crippen LogP contribution is -2.26. The van der Waals surface area contributed by atoms with Gasteiger partial charge in [0.2, 0.25) is 0 Å². The van der Waals surface area contributed by atoms with Crippen LogP contribution in [0.2, 0.25) is 0 Å². The molecule has 0 bridgehead atoms. The fourth-order valence-electron chi connectivity index (χ4n) is 1.87. The van der Waals surface area contributed by atoms with Crippen molar-refractivity contribution in [3.8, 4) is 6.07 Å². The van der Waals surface area contributed by atoms with Crippen LogP contribution in [0, 0.1) is 17.1 Å². The predicted octanol–water partition coefficient (Wildman–Crippen LogP) is 2.69. The largest absolute Gasteiger partial charge is 0.368 e. The lowest BCUT2D eigenvalue weighted by molar-refractivity contribution is 0.622. The first-order chi connectivity index (χ1) is 7.27. The average Bonchev–Trinajstić information content (AvgIpc) is 3.04. The maximum atomic E-state index is 13.4. The topological polar surface area (TPSA) is 27.0 Å². The van der Waals surface area contributed by atoms with E-state index in [4.69, 9.17) is 5.26 Å². The zero-order chi connectivity index (χ0) is 10.8. The van der Waals surface area contributed by atoms with Crippen LogP contribution in [0.4, 0.5) is 10.1 Å². The Bertz CT molecular complexity index is 405. The summed E-state index contributed by atoms with van der Waals surface area (Å²) in [6, 6.07) is 7.27. The Labute approximate surface area is 88.9 Å². The van der Waals surface area contributed by atoms with E-state index in [1.165, 1.54) is 6.07 Å². The maximum absolute atomic E-state index is 13.4. The monoisotopic (exact) mass is 204 g/mol. The summed E-state index contributed by atoms with van der Waals surface area (Å²) < 4.78 is 13.4. The summed E-state index contributed by atoms with van der Waals surface area (Å²) in [5.41, 5.74) is 0.911. The van der Waals surface area contributed by atoms with Crippen LogP contribution in [-0.4, -0.2) is 12.6 Å². The standard InChI is InChI=1S/C12H13FN2/c1-2-15(9-6-7-9)12-5-3-4-11(13)10(12)8-14/h3-5,9H,2,6-7H2,1H3. The smallest absolute Gasteiger partial charge is 0.143 e. The Morgan fingerprint density at radius 3 is 2.80 bits per heavy atom. The zero-order valence-electron chi connectivity index (χ0n) is 8.70. The van der Waals surface area contributed by atoms with Gasteiger partial charge in [-0.15, -0.1) is 0 Å². The molecular weight excluding hydrogens is 191 g/mol. The molecule has 0 aliphatic heterocycles. The third kappa shape index (κ3) is 1.80. The Balaban J connectivity index is 2.41. The number of rotatable bonds is 3. The van der Waals surface area contributed by atoms with Crippen LogP contribution in [0.25, 0.3) is 0 Å². The van der Waals surface area contributed by atoms with Crippen molar-refractivity contribution >= 4 is 5.69 Å². The SMILES string of the molecule is CCN(c1cccc(F)c1C#N)C1CC1. The van der Waals surface area contributed by atoms with Crippen molar-refractivity contribution in [2.75, 3.05) is 11.4 Å². The van der Waals surface area contributed by atoms with E-state index in [2.05, 4.69) is 4.90 Å². The van der Waals surface area contributed by atoms with Crippen LogP contribution in [0.15, 0.2) is 18.2 Å². The number of hydrogen-bond acceptors (Lipinski definition) is 2. The molecule has 0 atom stereocenters. The maximum Gasteiger partial charge on any atom is 0.143 e. The van der Waals surface area contributed by atoms with Crippen LogP contribution < -0.4 is 4.90 Å². The summed E-state index contributed by atoms with van der Waals surface area (Å²) in [4.78, 5) is 2.11. The Morgan fingerprint density at radius 1 is 1.53 bits per heavy atom. The van der Waals surface area contributed by atoms with Crippen LogP contribution >= 0.6 is 0 Å². The van der Waals surface area contributed by atoms with E-state index in [1.807, 2.05) is 19.1 Å². The second-order valence-electron chi connectivity index (χ2n) is 3.76. The Kier molecular flexibility index (Phi) is 2.59. The third-order valence-electron chi connectivity index (χ3n) is 2.74. The number of anilines is 1. The van der Waals surface area contributed by atoms with Crippen molar-refractivity contribution in [2.45, 2.75) is 25.8 Å². The fraction of sp³-hybridized carbons (Fsp3) is 0.417. The molecule has 2 rings (SSSR count). The highest BCUT2D eigenvalue weighted by atomic mass is 19.1. The van der Waals surface area contributed by atoms with Gasteiger partial charge >= 0.3 is 0 Å².